The van der Waals surface area contributed by atoms with Gasteiger partial charge >= 0.3 is 0 Å². The van der Waals surface area contributed by atoms with Gasteiger partial charge < -0.3 is 5.32 Å². The zero-order valence-corrected chi connectivity index (χ0v) is 13.0. The average Bonchev–Trinajstić information content (AvgIpc) is 2.58. The number of rotatable bonds is 5. The molecule has 98 valence electrons. The second-order valence-electron chi connectivity index (χ2n) is 6.70. The Balaban J connectivity index is 2.49. The van der Waals surface area contributed by atoms with Crippen molar-refractivity contribution < 1.29 is 0 Å². The number of nitrogens with one attached hydrogen (secondary N) is 1. The first-order chi connectivity index (χ1) is 7.72. The second-order valence-corrected chi connectivity index (χ2v) is 7.95. The maximum Gasteiger partial charge on any atom is 0.0304 e. The Morgan fingerprint density at radius 2 is 1.65 bits per heavy atom. The van der Waals surface area contributed by atoms with Crippen molar-refractivity contribution >= 4 is 11.3 Å². The Hall–Kier alpha value is -0.340. The Bertz CT molecular complexity index is 344. The van der Waals surface area contributed by atoms with Crippen molar-refractivity contribution in [3.8, 4) is 0 Å². The highest BCUT2D eigenvalue weighted by atomic mass is 32.1. The summed E-state index contributed by atoms with van der Waals surface area (Å²) in [7, 11) is 0. The maximum atomic E-state index is 3.68. The lowest BCUT2D eigenvalue weighted by molar-refractivity contribution is 0.241. The summed E-state index contributed by atoms with van der Waals surface area (Å²) in [6.45, 7) is 14.7. The number of hydrogen-bond acceptors (Lipinski definition) is 2. The van der Waals surface area contributed by atoms with E-state index in [4.69, 9.17) is 0 Å². The van der Waals surface area contributed by atoms with Crippen molar-refractivity contribution in [1.82, 2.24) is 5.32 Å². The number of thiophene rings is 1. The molecular weight excluding hydrogens is 226 g/mol. The molecule has 0 spiro atoms. The van der Waals surface area contributed by atoms with Gasteiger partial charge in [-0.3, -0.25) is 0 Å². The van der Waals surface area contributed by atoms with E-state index in [1.165, 1.54) is 16.2 Å². The summed E-state index contributed by atoms with van der Waals surface area (Å²) in [4.78, 5) is 2.93. The fraction of sp³-hybridized carbons (Fsp3) is 0.733. The third-order valence-corrected chi connectivity index (χ3v) is 4.01. The van der Waals surface area contributed by atoms with Crippen LogP contribution in [0, 0.1) is 5.41 Å². The molecule has 0 aliphatic carbocycles. The second kappa shape index (κ2) is 5.53. The molecule has 0 unspecified atom stereocenters. The van der Waals surface area contributed by atoms with Gasteiger partial charge in [0.05, 0.1) is 0 Å². The highest BCUT2D eigenvalue weighted by molar-refractivity contribution is 7.11. The van der Waals surface area contributed by atoms with Crippen LogP contribution in [-0.4, -0.2) is 5.54 Å². The van der Waals surface area contributed by atoms with Crippen molar-refractivity contribution in [3.63, 3.8) is 0 Å². The molecule has 1 N–H and O–H groups in total. The van der Waals surface area contributed by atoms with Gasteiger partial charge in [0.15, 0.2) is 0 Å². The van der Waals surface area contributed by atoms with Crippen LogP contribution < -0.4 is 5.32 Å². The molecule has 0 fully saturated rings. The van der Waals surface area contributed by atoms with Gasteiger partial charge in [0.1, 0.15) is 0 Å². The molecule has 0 saturated carbocycles. The van der Waals surface area contributed by atoms with Gasteiger partial charge in [-0.05, 0) is 44.2 Å². The highest BCUT2D eigenvalue weighted by Gasteiger charge is 2.24. The average molecular weight is 253 g/mol. The van der Waals surface area contributed by atoms with Gasteiger partial charge in [-0.1, -0.05) is 27.7 Å². The standard InChI is InChI=1S/C15H27NS/c1-7-12-8-9-13(17-12)10-16-15(5,6)11-14(2,3)4/h8-9,16H,7,10-11H2,1-6H3. The summed E-state index contributed by atoms with van der Waals surface area (Å²) in [5, 5.41) is 3.68. The van der Waals surface area contributed by atoms with Crippen LogP contribution in [0.1, 0.15) is 57.7 Å². The van der Waals surface area contributed by atoms with Crippen LogP contribution in [0.5, 0.6) is 0 Å². The summed E-state index contributed by atoms with van der Waals surface area (Å²) in [6, 6.07) is 4.50. The first-order valence-electron chi connectivity index (χ1n) is 6.54. The first-order valence-corrected chi connectivity index (χ1v) is 7.36. The predicted octanol–water partition coefficient (Wildman–Crippen LogP) is 4.61. The zero-order valence-electron chi connectivity index (χ0n) is 12.2. The lowest BCUT2D eigenvalue weighted by Gasteiger charge is -2.33. The van der Waals surface area contributed by atoms with E-state index in [1.54, 1.807) is 0 Å². The van der Waals surface area contributed by atoms with Gasteiger partial charge in [0, 0.05) is 21.8 Å². The van der Waals surface area contributed by atoms with Crippen LogP contribution in [0.2, 0.25) is 0 Å². The Labute approximate surface area is 111 Å². The van der Waals surface area contributed by atoms with E-state index >= 15 is 0 Å². The quantitative estimate of drug-likeness (QED) is 0.807. The van der Waals surface area contributed by atoms with Crippen LogP contribution in [0.25, 0.3) is 0 Å². The number of aryl methyl sites for hydroxylation is 1. The zero-order chi connectivity index (χ0) is 13.1. The number of hydrogen-bond donors (Lipinski definition) is 1. The van der Waals surface area contributed by atoms with E-state index in [1.807, 2.05) is 11.3 Å². The van der Waals surface area contributed by atoms with Crippen LogP contribution in [0.15, 0.2) is 12.1 Å². The molecule has 2 heteroatoms. The molecular formula is C15H27NS. The summed E-state index contributed by atoms with van der Waals surface area (Å²) >= 11 is 1.93. The van der Waals surface area contributed by atoms with Crippen molar-refractivity contribution in [2.45, 2.75) is 66.5 Å². The molecule has 1 nitrogen and oxygen atoms in total. The lowest BCUT2D eigenvalue weighted by atomic mass is 9.82. The minimum atomic E-state index is 0.203. The molecule has 1 heterocycles. The monoisotopic (exact) mass is 253 g/mol. The summed E-state index contributed by atoms with van der Waals surface area (Å²) in [5.41, 5.74) is 0.579. The van der Waals surface area contributed by atoms with Gasteiger partial charge in [-0.15, -0.1) is 11.3 Å². The van der Waals surface area contributed by atoms with E-state index in [2.05, 4.69) is 59.0 Å². The van der Waals surface area contributed by atoms with Crippen molar-refractivity contribution in [1.29, 1.82) is 0 Å². The smallest absolute Gasteiger partial charge is 0.0304 e. The van der Waals surface area contributed by atoms with E-state index < -0.39 is 0 Å². The minimum Gasteiger partial charge on any atom is -0.307 e. The largest absolute Gasteiger partial charge is 0.307 e. The lowest BCUT2D eigenvalue weighted by Crippen LogP contribution is -2.41. The molecule has 0 aliphatic heterocycles. The van der Waals surface area contributed by atoms with Crippen LogP contribution in [-0.2, 0) is 13.0 Å². The van der Waals surface area contributed by atoms with Crippen LogP contribution in [0.4, 0.5) is 0 Å². The topological polar surface area (TPSA) is 12.0 Å². The SMILES string of the molecule is CCc1ccc(CNC(C)(C)CC(C)(C)C)s1. The van der Waals surface area contributed by atoms with Crippen LogP contribution >= 0.6 is 11.3 Å². The fourth-order valence-electron chi connectivity index (χ4n) is 2.42. The van der Waals surface area contributed by atoms with Gasteiger partial charge in [-0.25, -0.2) is 0 Å². The molecule has 17 heavy (non-hydrogen) atoms. The molecule has 0 amide bonds. The third-order valence-electron chi connectivity index (χ3n) is 2.78. The molecule has 0 bridgehead atoms. The van der Waals surface area contributed by atoms with Crippen molar-refractivity contribution in [3.05, 3.63) is 21.9 Å². The molecule has 0 saturated heterocycles. The molecule has 0 aliphatic rings. The van der Waals surface area contributed by atoms with E-state index in [0.29, 0.717) is 5.41 Å². The molecule has 0 atom stereocenters. The first kappa shape index (κ1) is 14.7. The van der Waals surface area contributed by atoms with Crippen molar-refractivity contribution in [2.75, 3.05) is 0 Å². The predicted molar refractivity (Wildman–Crippen MR) is 78.7 cm³/mol. The summed E-state index contributed by atoms with van der Waals surface area (Å²) < 4.78 is 0. The van der Waals surface area contributed by atoms with E-state index in [-0.39, 0.29) is 5.54 Å². The van der Waals surface area contributed by atoms with E-state index in [0.717, 1.165) is 13.0 Å². The highest BCUT2D eigenvalue weighted by Crippen LogP contribution is 2.27. The third kappa shape index (κ3) is 5.69. The molecule has 1 rings (SSSR count). The normalized spacial score (nSPS) is 13.1. The Morgan fingerprint density at radius 3 is 2.12 bits per heavy atom. The fourth-order valence-corrected chi connectivity index (χ4v) is 3.32. The molecule has 0 aromatic carbocycles. The van der Waals surface area contributed by atoms with E-state index in [9.17, 15) is 0 Å². The summed E-state index contributed by atoms with van der Waals surface area (Å²) in [6.07, 6.45) is 2.34. The maximum absolute atomic E-state index is 3.68. The van der Waals surface area contributed by atoms with Crippen LogP contribution in [0.3, 0.4) is 0 Å². The van der Waals surface area contributed by atoms with Crippen molar-refractivity contribution in [2.24, 2.45) is 5.41 Å². The minimum absolute atomic E-state index is 0.203. The summed E-state index contributed by atoms with van der Waals surface area (Å²) in [5.74, 6) is 0. The molecule has 1 aromatic rings. The molecule has 1 aromatic heterocycles. The molecule has 0 radical (unpaired) electrons. The van der Waals surface area contributed by atoms with Gasteiger partial charge in [-0.2, -0.15) is 0 Å². The van der Waals surface area contributed by atoms with Gasteiger partial charge in [0.2, 0.25) is 0 Å². The Kier molecular flexibility index (Phi) is 4.79. The van der Waals surface area contributed by atoms with Gasteiger partial charge in [0.25, 0.3) is 0 Å². The Morgan fingerprint density at radius 1 is 1.06 bits per heavy atom.